The topological polar surface area (TPSA) is 29.5 Å². The van der Waals surface area contributed by atoms with Crippen LogP contribution in [0.2, 0.25) is 0 Å². The molecule has 160 valence electrons. The molecule has 0 aliphatic rings. The second-order valence-electron chi connectivity index (χ2n) is 8.37. The number of hydrogen-bond donors (Lipinski definition) is 1. The normalized spacial score (nSPS) is 15.4. The first-order chi connectivity index (χ1) is 13.2. The molecule has 0 saturated heterocycles. The second kappa shape index (κ2) is 7.77. The van der Waals surface area contributed by atoms with Crippen LogP contribution in [0.3, 0.4) is 0 Å². The van der Waals surface area contributed by atoms with Gasteiger partial charge in [-0.05, 0) is 62.4 Å². The molecule has 0 bridgehead atoms. The van der Waals surface area contributed by atoms with Crippen molar-refractivity contribution in [3.63, 3.8) is 0 Å². The highest BCUT2D eigenvalue weighted by atomic mass is 19.4. The summed E-state index contributed by atoms with van der Waals surface area (Å²) in [5.74, 6) is 0. The molecule has 5 heteroatoms. The quantitative estimate of drug-likeness (QED) is 0.535. The lowest BCUT2D eigenvalue weighted by molar-refractivity contribution is -0.332. The summed E-state index contributed by atoms with van der Waals surface area (Å²) < 4.78 is 47.0. The number of alkyl halides is 3. The Labute approximate surface area is 171 Å². The fraction of sp³-hybridized carbons (Fsp3) is 0.500. The fourth-order valence-electron chi connectivity index (χ4n) is 3.87. The molecule has 2 aromatic carbocycles. The van der Waals surface area contributed by atoms with Crippen molar-refractivity contribution < 1.29 is 23.0 Å². The molecule has 0 heterocycles. The number of hydrogen-bond acceptors (Lipinski definition) is 2. The Morgan fingerprint density at radius 1 is 1.00 bits per heavy atom. The van der Waals surface area contributed by atoms with Crippen LogP contribution >= 0.6 is 0 Å². The summed E-state index contributed by atoms with van der Waals surface area (Å²) in [5.41, 5.74) is -3.43. The van der Waals surface area contributed by atoms with E-state index in [4.69, 9.17) is 4.74 Å². The van der Waals surface area contributed by atoms with E-state index < -0.39 is 23.0 Å². The van der Waals surface area contributed by atoms with E-state index in [-0.39, 0.29) is 0 Å². The number of aliphatic hydroxyl groups is 1. The first-order valence-electron chi connectivity index (χ1n) is 9.91. The average molecular weight is 409 g/mol. The molecule has 0 saturated carbocycles. The van der Waals surface area contributed by atoms with Gasteiger partial charge < -0.3 is 9.84 Å². The van der Waals surface area contributed by atoms with E-state index in [1.165, 1.54) is 13.8 Å². The molecule has 0 spiro atoms. The summed E-state index contributed by atoms with van der Waals surface area (Å²) >= 11 is 0. The first kappa shape index (κ1) is 23.4. The maximum Gasteiger partial charge on any atom is 0.419 e. The van der Waals surface area contributed by atoms with Crippen LogP contribution in [0, 0.1) is 0 Å². The average Bonchev–Trinajstić information content (AvgIpc) is 2.64. The van der Waals surface area contributed by atoms with Crippen LogP contribution in [-0.2, 0) is 10.3 Å². The van der Waals surface area contributed by atoms with Crippen LogP contribution < -0.4 is 0 Å². The van der Waals surface area contributed by atoms with Crippen LogP contribution in [0.4, 0.5) is 13.2 Å². The Balaban J connectivity index is 2.74. The summed E-state index contributed by atoms with van der Waals surface area (Å²) in [6, 6.07) is 11.7. The Morgan fingerprint density at radius 2 is 1.55 bits per heavy atom. The largest absolute Gasteiger partial charge is 0.419 e. The fourth-order valence-corrected chi connectivity index (χ4v) is 3.87. The van der Waals surface area contributed by atoms with E-state index in [0.29, 0.717) is 12.8 Å². The van der Waals surface area contributed by atoms with E-state index in [0.717, 1.165) is 34.4 Å². The van der Waals surface area contributed by atoms with Crippen LogP contribution in [0.1, 0.15) is 65.5 Å². The van der Waals surface area contributed by atoms with Crippen LogP contribution in [-0.4, -0.2) is 22.5 Å². The molecule has 0 aromatic heterocycles. The lowest BCUT2D eigenvalue weighted by Gasteiger charge is -2.48. The van der Waals surface area contributed by atoms with Gasteiger partial charge in [0.05, 0.1) is 5.60 Å². The zero-order chi connectivity index (χ0) is 22.3. The summed E-state index contributed by atoms with van der Waals surface area (Å²) in [6.45, 7) is 13.1. The minimum atomic E-state index is -4.83. The van der Waals surface area contributed by atoms with Gasteiger partial charge in [0.25, 0.3) is 0 Å². The Kier molecular flexibility index (Phi) is 6.27. The molecule has 0 aliphatic heterocycles. The van der Waals surface area contributed by atoms with Crippen molar-refractivity contribution >= 4 is 16.3 Å². The van der Waals surface area contributed by atoms with E-state index in [1.807, 2.05) is 57.2 Å². The van der Waals surface area contributed by atoms with Crippen molar-refractivity contribution in [1.82, 2.24) is 0 Å². The lowest BCUT2D eigenvalue weighted by atomic mass is 9.79. The van der Waals surface area contributed by atoms with Gasteiger partial charge in [0.15, 0.2) is 5.60 Å². The minimum Gasteiger partial charge on any atom is -0.378 e. The summed E-state index contributed by atoms with van der Waals surface area (Å²) in [5, 5.41) is 12.4. The lowest BCUT2D eigenvalue weighted by Crippen LogP contribution is -2.61. The molecule has 29 heavy (non-hydrogen) atoms. The molecule has 1 unspecified atom stereocenters. The van der Waals surface area contributed by atoms with Gasteiger partial charge in [-0.25, -0.2) is 0 Å². The predicted octanol–water partition coefficient (Wildman–Crippen LogP) is 7.00. The van der Waals surface area contributed by atoms with Gasteiger partial charge in [0.2, 0.25) is 0 Å². The van der Waals surface area contributed by atoms with Crippen molar-refractivity contribution in [1.29, 1.82) is 0 Å². The molecule has 2 nitrogen and oxygen atoms in total. The third-order valence-electron chi connectivity index (χ3n) is 6.16. The first-order valence-corrected chi connectivity index (χ1v) is 9.91. The van der Waals surface area contributed by atoms with Crippen LogP contribution in [0.15, 0.2) is 43.0 Å². The van der Waals surface area contributed by atoms with Crippen molar-refractivity contribution in [2.75, 3.05) is 0 Å². The molecule has 0 fully saturated rings. The molecule has 0 radical (unpaired) electrons. The van der Waals surface area contributed by atoms with Gasteiger partial charge >= 0.3 is 6.18 Å². The number of allylic oxidation sites excluding steroid dienone is 1. The SMILES string of the molecule is C=C(C)c1c(C(CC)(CC)OC(C)(C)C(C)(O)C(F)(F)F)ccc2ccccc12. The highest BCUT2D eigenvalue weighted by Gasteiger charge is 2.61. The van der Waals surface area contributed by atoms with Gasteiger partial charge in [-0.3, -0.25) is 0 Å². The molecule has 2 rings (SSSR count). The standard InChI is InChI=1S/C24H31F3O2/c1-8-23(9-2,29-21(5,6)22(7,28)24(25,26)27)19-15-14-17-12-10-11-13-18(17)20(19)16(3)4/h10-15,28H,3,8-9H2,1-2,4-7H3. The maximum atomic E-state index is 13.6. The van der Waals surface area contributed by atoms with E-state index in [1.54, 1.807) is 0 Å². The third-order valence-corrected chi connectivity index (χ3v) is 6.16. The van der Waals surface area contributed by atoms with Gasteiger partial charge in [-0.1, -0.05) is 62.4 Å². The summed E-state index contributed by atoms with van der Waals surface area (Å²) in [6.07, 6.45) is -3.94. The van der Waals surface area contributed by atoms with Crippen LogP contribution in [0.25, 0.3) is 16.3 Å². The van der Waals surface area contributed by atoms with E-state index in [9.17, 15) is 18.3 Å². The van der Waals surface area contributed by atoms with Gasteiger partial charge in [-0.15, -0.1) is 0 Å². The second-order valence-corrected chi connectivity index (χ2v) is 8.37. The zero-order valence-electron chi connectivity index (χ0n) is 18.1. The molecule has 0 amide bonds. The van der Waals surface area contributed by atoms with E-state index in [2.05, 4.69) is 6.58 Å². The minimum absolute atomic E-state index is 0.444. The monoisotopic (exact) mass is 408 g/mol. The summed E-state index contributed by atoms with van der Waals surface area (Å²) in [4.78, 5) is 0. The van der Waals surface area contributed by atoms with E-state index >= 15 is 0 Å². The highest BCUT2D eigenvalue weighted by Crippen LogP contribution is 2.48. The molecular formula is C24H31F3O2. The number of benzene rings is 2. The Morgan fingerprint density at radius 3 is 2.03 bits per heavy atom. The smallest absolute Gasteiger partial charge is 0.378 e. The van der Waals surface area contributed by atoms with Crippen molar-refractivity contribution in [3.8, 4) is 0 Å². The number of fused-ring (bicyclic) bond motifs is 1. The number of rotatable bonds is 7. The Bertz CT molecular complexity index is 891. The van der Waals surface area contributed by atoms with Crippen LogP contribution in [0.5, 0.6) is 0 Å². The van der Waals surface area contributed by atoms with Gasteiger partial charge in [0, 0.05) is 0 Å². The molecule has 1 atom stereocenters. The zero-order valence-corrected chi connectivity index (χ0v) is 18.1. The predicted molar refractivity (Wildman–Crippen MR) is 113 cm³/mol. The number of ether oxygens (including phenoxy) is 1. The maximum absolute atomic E-state index is 13.6. The molecule has 0 aliphatic carbocycles. The van der Waals surface area contributed by atoms with Crippen molar-refractivity contribution in [2.45, 2.75) is 77.4 Å². The number of halogens is 3. The molecular weight excluding hydrogens is 377 g/mol. The highest BCUT2D eigenvalue weighted by molar-refractivity contribution is 5.94. The summed E-state index contributed by atoms with van der Waals surface area (Å²) in [7, 11) is 0. The third kappa shape index (κ3) is 3.95. The molecule has 2 aromatic rings. The van der Waals surface area contributed by atoms with Gasteiger partial charge in [0.1, 0.15) is 5.60 Å². The molecule has 1 N–H and O–H groups in total. The Hall–Kier alpha value is -1.85. The van der Waals surface area contributed by atoms with Crippen molar-refractivity contribution in [2.24, 2.45) is 0 Å². The van der Waals surface area contributed by atoms with Gasteiger partial charge in [-0.2, -0.15) is 13.2 Å². The van der Waals surface area contributed by atoms with Crippen molar-refractivity contribution in [3.05, 3.63) is 54.1 Å².